The highest BCUT2D eigenvalue weighted by Gasteiger charge is 2.59. The summed E-state index contributed by atoms with van der Waals surface area (Å²) in [7, 11) is 3.56. The highest BCUT2D eigenvalue weighted by molar-refractivity contribution is 5.80. The van der Waals surface area contributed by atoms with Crippen molar-refractivity contribution < 1.29 is 9.47 Å². The highest BCUT2D eigenvalue weighted by atomic mass is 16.5. The second-order valence-corrected chi connectivity index (χ2v) is 5.81. The molecule has 5 nitrogen and oxygen atoms in total. The van der Waals surface area contributed by atoms with Gasteiger partial charge in [-0.2, -0.15) is 0 Å². The number of guanidine groups is 1. The Morgan fingerprint density at radius 2 is 2.20 bits per heavy atom. The second-order valence-electron chi connectivity index (χ2n) is 5.81. The predicted octanol–water partition coefficient (Wildman–Crippen LogP) is 1.54. The van der Waals surface area contributed by atoms with Crippen LogP contribution < -0.4 is 10.6 Å². The fourth-order valence-corrected chi connectivity index (χ4v) is 3.42. The van der Waals surface area contributed by atoms with Gasteiger partial charge in [-0.15, -0.1) is 0 Å². The van der Waals surface area contributed by atoms with E-state index in [1.165, 1.54) is 19.3 Å². The zero-order chi connectivity index (χ0) is 14.4. The van der Waals surface area contributed by atoms with Crippen molar-refractivity contribution in [1.29, 1.82) is 0 Å². The Morgan fingerprint density at radius 3 is 2.75 bits per heavy atom. The lowest BCUT2D eigenvalue weighted by Gasteiger charge is -2.61. The molecule has 0 aromatic carbocycles. The van der Waals surface area contributed by atoms with Crippen molar-refractivity contribution >= 4 is 5.96 Å². The van der Waals surface area contributed by atoms with Crippen LogP contribution in [0.4, 0.5) is 0 Å². The normalized spacial score (nSPS) is 27.9. The minimum Gasteiger partial charge on any atom is -0.385 e. The highest BCUT2D eigenvalue weighted by Crippen LogP contribution is 2.57. The average molecular weight is 283 g/mol. The molecule has 2 rings (SSSR count). The van der Waals surface area contributed by atoms with Gasteiger partial charge < -0.3 is 20.1 Å². The van der Waals surface area contributed by atoms with Crippen LogP contribution in [0.1, 0.15) is 39.0 Å². The topological polar surface area (TPSA) is 54.9 Å². The summed E-state index contributed by atoms with van der Waals surface area (Å²) >= 11 is 0. The number of hydrogen-bond acceptors (Lipinski definition) is 3. The monoisotopic (exact) mass is 283 g/mol. The summed E-state index contributed by atoms with van der Waals surface area (Å²) < 4.78 is 10.9. The lowest BCUT2D eigenvalue weighted by molar-refractivity contribution is -0.168. The smallest absolute Gasteiger partial charge is 0.191 e. The van der Waals surface area contributed by atoms with Gasteiger partial charge in [0, 0.05) is 45.4 Å². The molecule has 2 atom stereocenters. The van der Waals surface area contributed by atoms with Crippen LogP contribution in [0.3, 0.4) is 0 Å². The first-order valence-electron chi connectivity index (χ1n) is 7.84. The van der Waals surface area contributed by atoms with E-state index in [0.717, 1.165) is 38.6 Å². The van der Waals surface area contributed by atoms with Crippen LogP contribution in [0, 0.1) is 5.41 Å². The van der Waals surface area contributed by atoms with Gasteiger partial charge in [0.25, 0.3) is 0 Å². The maximum Gasteiger partial charge on any atom is 0.191 e. The third-order valence-electron chi connectivity index (χ3n) is 4.79. The third-order valence-corrected chi connectivity index (χ3v) is 4.79. The van der Waals surface area contributed by atoms with Crippen molar-refractivity contribution in [1.82, 2.24) is 10.6 Å². The van der Waals surface area contributed by atoms with E-state index in [-0.39, 0.29) is 0 Å². The standard InChI is InChI=1S/C15H29N3O2/c1-4-20-13-11-12(15(13)7-5-8-15)18-14(16-2)17-9-6-10-19-3/h12-13H,4-11H2,1-3H3,(H2,16,17,18). The maximum absolute atomic E-state index is 5.88. The minimum atomic E-state index is 0.375. The van der Waals surface area contributed by atoms with Crippen molar-refractivity contribution in [2.24, 2.45) is 10.4 Å². The van der Waals surface area contributed by atoms with Crippen molar-refractivity contribution in [2.45, 2.75) is 51.2 Å². The zero-order valence-electron chi connectivity index (χ0n) is 13.1. The van der Waals surface area contributed by atoms with Gasteiger partial charge in [-0.05, 0) is 32.6 Å². The molecule has 1 spiro atoms. The van der Waals surface area contributed by atoms with Gasteiger partial charge >= 0.3 is 0 Å². The molecule has 20 heavy (non-hydrogen) atoms. The van der Waals surface area contributed by atoms with Crippen molar-refractivity contribution in [3.63, 3.8) is 0 Å². The molecule has 2 unspecified atom stereocenters. The van der Waals surface area contributed by atoms with Gasteiger partial charge in [-0.1, -0.05) is 6.42 Å². The van der Waals surface area contributed by atoms with Crippen LogP contribution in [0.25, 0.3) is 0 Å². The van der Waals surface area contributed by atoms with E-state index in [4.69, 9.17) is 9.47 Å². The fraction of sp³-hybridized carbons (Fsp3) is 0.933. The van der Waals surface area contributed by atoms with E-state index >= 15 is 0 Å². The number of nitrogens with one attached hydrogen (secondary N) is 2. The van der Waals surface area contributed by atoms with Crippen LogP contribution in [-0.2, 0) is 9.47 Å². The van der Waals surface area contributed by atoms with E-state index in [0.29, 0.717) is 17.6 Å². The number of rotatable bonds is 7. The molecule has 0 saturated heterocycles. The van der Waals surface area contributed by atoms with Crippen LogP contribution in [-0.4, -0.2) is 52.0 Å². The molecule has 2 N–H and O–H groups in total. The van der Waals surface area contributed by atoms with Crippen LogP contribution in [0.5, 0.6) is 0 Å². The molecule has 2 aliphatic rings. The Balaban J connectivity index is 1.77. The SMILES string of the molecule is CCOC1CC(NC(=NC)NCCCOC)C12CCC2. The summed E-state index contributed by atoms with van der Waals surface area (Å²) in [6.45, 7) is 4.58. The number of nitrogens with zero attached hydrogens (tertiary/aromatic N) is 1. The largest absolute Gasteiger partial charge is 0.385 e. The van der Waals surface area contributed by atoms with E-state index in [2.05, 4.69) is 22.5 Å². The summed E-state index contributed by atoms with van der Waals surface area (Å²) in [4.78, 5) is 4.32. The van der Waals surface area contributed by atoms with Gasteiger partial charge in [0.15, 0.2) is 5.96 Å². The minimum absolute atomic E-state index is 0.375. The molecule has 2 fully saturated rings. The third kappa shape index (κ3) is 3.09. The lowest BCUT2D eigenvalue weighted by Crippen LogP contribution is -2.68. The van der Waals surface area contributed by atoms with Crippen LogP contribution >= 0.6 is 0 Å². The average Bonchev–Trinajstić information content (AvgIpc) is 2.38. The van der Waals surface area contributed by atoms with Crippen LogP contribution in [0.15, 0.2) is 4.99 Å². The Bertz CT molecular complexity index is 329. The van der Waals surface area contributed by atoms with E-state index in [1.807, 2.05) is 7.05 Å². The molecule has 0 aliphatic heterocycles. The van der Waals surface area contributed by atoms with Gasteiger partial charge in [-0.3, -0.25) is 4.99 Å². The van der Waals surface area contributed by atoms with Gasteiger partial charge in [0.05, 0.1) is 6.10 Å². The van der Waals surface area contributed by atoms with Gasteiger partial charge in [-0.25, -0.2) is 0 Å². The summed E-state index contributed by atoms with van der Waals surface area (Å²) in [5, 5.41) is 6.93. The zero-order valence-corrected chi connectivity index (χ0v) is 13.1. The molecule has 116 valence electrons. The van der Waals surface area contributed by atoms with Gasteiger partial charge in [0.2, 0.25) is 0 Å². The summed E-state index contributed by atoms with van der Waals surface area (Å²) in [5.41, 5.74) is 0.375. The number of ether oxygens (including phenoxy) is 2. The maximum atomic E-state index is 5.88. The molecule has 2 saturated carbocycles. The van der Waals surface area contributed by atoms with Gasteiger partial charge in [0.1, 0.15) is 0 Å². The number of methoxy groups -OCH3 is 1. The Kier molecular flexibility index (Phi) is 5.66. The van der Waals surface area contributed by atoms with Crippen LogP contribution in [0.2, 0.25) is 0 Å². The Hall–Kier alpha value is -0.810. The quantitative estimate of drug-likeness (QED) is 0.423. The van der Waals surface area contributed by atoms with Crippen molar-refractivity contribution in [3.8, 4) is 0 Å². The summed E-state index contributed by atoms with van der Waals surface area (Å²) in [5.74, 6) is 0.910. The van der Waals surface area contributed by atoms with Crippen molar-refractivity contribution in [2.75, 3.05) is 33.9 Å². The van der Waals surface area contributed by atoms with E-state index < -0.39 is 0 Å². The fourth-order valence-electron chi connectivity index (χ4n) is 3.42. The number of aliphatic imine (C=N–C) groups is 1. The first-order chi connectivity index (χ1) is 9.76. The molecule has 0 aromatic rings. The molecule has 0 amide bonds. The Morgan fingerprint density at radius 1 is 1.40 bits per heavy atom. The first kappa shape index (κ1) is 15.6. The number of hydrogen-bond donors (Lipinski definition) is 2. The molecule has 0 radical (unpaired) electrons. The molecule has 5 heteroatoms. The second kappa shape index (κ2) is 7.27. The molecule has 0 aromatic heterocycles. The van der Waals surface area contributed by atoms with E-state index in [1.54, 1.807) is 7.11 Å². The lowest BCUT2D eigenvalue weighted by atomic mass is 9.51. The Labute approximate surface area is 122 Å². The van der Waals surface area contributed by atoms with E-state index in [9.17, 15) is 0 Å². The molecular weight excluding hydrogens is 254 g/mol. The molecule has 2 aliphatic carbocycles. The predicted molar refractivity (Wildman–Crippen MR) is 81.1 cm³/mol. The van der Waals surface area contributed by atoms with Crippen molar-refractivity contribution in [3.05, 3.63) is 0 Å². The molecule has 0 bridgehead atoms. The summed E-state index contributed by atoms with van der Waals surface area (Å²) in [6, 6.07) is 0.515. The molecular formula is C15H29N3O2. The molecule has 0 heterocycles. The first-order valence-corrected chi connectivity index (χ1v) is 7.84. The summed E-state index contributed by atoms with van der Waals surface area (Å²) in [6.07, 6.45) is 6.46.